The summed E-state index contributed by atoms with van der Waals surface area (Å²) in [5.74, 6) is 0. The van der Waals surface area contributed by atoms with Crippen molar-refractivity contribution < 1.29 is 8.42 Å². The normalized spacial score (nSPS) is 11.4. The summed E-state index contributed by atoms with van der Waals surface area (Å²) >= 11 is 1.43. The number of nitrogens with one attached hydrogen (secondary N) is 1. The highest BCUT2D eigenvalue weighted by Gasteiger charge is 2.06. The first-order chi connectivity index (χ1) is 8.55. The zero-order valence-corrected chi connectivity index (χ0v) is 11.0. The molecule has 18 heavy (non-hydrogen) atoms. The average Bonchev–Trinajstić information content (AvgIpc) is 2.82. The van der Waals surface area contributed by atoms with Crippen molar-refractivity contribution >= 4 is 26.5 Å². The number of aromatic nitrogens is 2. The van der Waals surface area contributed by atoms with E-state index in [1.807, 2.05) is 0 Å². The fourth-order valence-electron chi connectivity index (χ4n) is 1.41. The van der Waals surface area contributed by atoms with Crippen LogP contribution >= 0.6 is 11.3 Å². The molecule has 0 bridgehead atoms. The van der Waals surface area contributed by atoms with Crippen LogP contribution in [0.3, 0.4) is 0 Å². The fraction of sp³-hybridized carbons (Fsp3) is 0.200. The Morgan fingerprint density at radius 2 is 2.00 bits per heavy atom. The third-order valence-electron chi connectivity index (χ3n) is 2.30. The molecule has 0 saturated carbocycles. The Hall–Kier alpha value is -1.51. The monoisotopic (exact) mass is 284 g/mol. The Labute approximate surface area is 109 Å². The SMILES string of the molecule is NS(=O)(=O)c1ccc(CCNc2nncs2)cc1. The van der Waals surface area contributed by atoms with Crippen LogP contribution in [0.4, 0.5) is 5.13 Å². The van der Waals surface area contributed by atoms with Crippen LogP contribution in [0.25, 0.3) is 0 Å². The third kappa shape index (κ3) is 3.49. The Morgan fingerprint density at radius 3 is 2.56 bits per heavy atom. The van der Waals surface area contributed by atoms with Crippen molar-refractivity contribution in [2.24, 2.45) is 5.14 Å². The van der Waals surface area contributed by atoms with Crippen molar-refractivity contribution in [3.63, 3.8) is 0 Å². The lowest BCUT2D eigenvalue weighted by Gasteiger charge is -2.03. The molecule has 2 aromatic rings. The van der Waals surface area contributed by atoms with Gasteiger partial charge in [-0.25, -0.2) is 13.6 Å². The number of primary sulfonamides is 1. The molecule has 0 unspecified atom stereocenters. The molecule has 0 amide bonds. The minimum atomic E-state index is -3.61. The van der Waals surface area contributed by atoms with E-state index in [4.69, 9.17) is 5.14 Å². The second-order valence-corrected chi connectivity index (χ2v) is 6.00. The van der Waals surface area contributed by atoms with Crippen LogP contribution < -0.4 is 10.5 Å². The van der Waals surface area contributed by atoms with Crippen molar-refractivity contribution in [1.29, 1.82) is 0 Å². The van der Waals surface area contributed by atoms with Crippen molar-refractivity contribution in [1.82, 2.24) is 10.2 Å². The molecule has 0 spiro atoms. The van der Waals surface area contributed by atoms with Gasteiger partial charge in [-0.2, -0.15) is 0 Å². The first kappa shape index (κ1) is 12.9. The number of nitrogens with zero attached hydrogens (tertiary/aromatic N) is 2. The predicted octanol–water partition coefficient (Wildman–Crippen LogP) is 0.840. The molecule has 0 aliphatic rings. The molecule has 0 fully saturated rings. The maximum atomic E-state index is 11.1. The van der Waals surface area contributed by atoms with Gasteiger partial charge in [0.2, 0.25) is 15.2 Å². The molecular weight excluding hydrogens is 272 g/mol. The van der Waals surface area contributed by atoms with Crippen molar-refractivity contribution in [2.45, 2.75) is 11.3 Å². The fourth-order valence-corrected chi connectivity index (χ4v) is 2.40. The molecule has 0 atom stereocenters. The van der Waals surface area contributed by atoms with E-state index in [1.54, 1.807) is 17.6 Å². The van der Waals surface area contributed by atoms with E-state index in [0.29, 0.717) is 6.54 Å². The zero-order chi connectivity index (χ0) is 13.0. The van der Waals surface area contributed by atoms with Gasteiger partial charge in [-0.15, -0.1) is 10.2 Å². The van der Waals surface area contributed by atoms with E-state index >= 15 is 0 Å². The van der Waals surface area contributed by atoms with Crippen LogP contribution in [0.2, 0.25) is 0 Å². The summed E-state index contributed by atoms with van der Waals surface area (Å²) in [5, 5.41) is 16.5. The lowest BCUT2D eigenvalue weighted by atomic mass is 10.1. The lowest BCUT2D eigenvalue weighted by Crippen LogP contribution is -2.12. The molecule has 6 nitrogen and oxygen atoms in total. The summed E-state index contributed by atoms with van der Waals surface area (Å²) in [6.07, 6.45) is 0.768. The van der Waals surface area contributed by atoms with Gasteiger partial charge in [-0.05, 0) is 24.1 Å². The minimum absolute atomic E-state index is 0.128. The molecule has 96 valence electrons. The molecule has 0 saturated heterocycles. The molecule has 1 aromatic carbocycles. The summed E-state index contributed by atoms with van der Waals surface area (Å²) in [6.45, 7) is 0.712. The smallest absolute Gasteiger partial charge is 0.238 e. The van der Waals surface area contributed by atoms with Gasteiger partial charge in [0.1, 0.15) is 5.51 Å². The Balaban J connectivity index is 1.91. The van der Waals surface area contributed by atoms with E-state index in [0.717, 1.165) is 17.1 Å². The van der Waals surface area contributed by atoms with Gasteiger partial charge in [0, 0.05) is 6.54 Å². The van der Waals surface area contributed by atoms with Crippen LogP contribution in [-0.4, -0.2) is 25.2 Å². The van der Waals surface area contributed by atoms with Crippen LogP contribution in [0.15, 0.2) is 34.7 Å². The molecule has 1 aromatic heterocycles. The molecule has 0 aliphatic carbocycles. The first-order valence-corrected chi connectivity index (χ1v) is 7.60. The summed E-state index contributed by atoms with van der Waals surface area (Å²) in [5.41, 5.74) is 2.68. The van der Waals surface area contributed by atoms with E-state index in [2.05, 4.69) is 15.5 Å². The van der Waals surface area contributed by atoms with Gasteiger partial charge in [0.05, 0.1) is 4.90 Å². The van der Waals surface area contributed by atoms with E-state index in [9.17, 15) is 8.42 Å². The van der Waals surface area contributed by atoms with Crippen molar-refractivity contribution in [2.75, 3.05) is 11.9 Å². The molecule has 0 radical (unpaired) electrons. The highest BCUT2D eigenvalue weighted by atomic mass is 32.2. The Bertz CT molecular complexity index is 593. The summed E-state index contributed by atoms with van der Waals surface area (Å²) in [7, 11) is -3.61. The quantitative estimate of drug-likeness (QED) is 0.848. The van der Waals surface area contributed by atoms with E-state index in [1.165, 1.54) is 23.5 Å². The Kier molecular flexibility index (Phi) is 3.90. The average molecular weight is 284 g/mol. The van der Waals surface area contributed by atoms with Gasteiger partial charge in [-0.1, -0.05) is 23.5 Å². The maximum Gasteiger partial charge on any atom is 0.238 e. The number of benzene rings is 1. The largest absolute Gasteiger partial charge is 0.360 e. The second kappa shape index (κ2) is 5.42. The molecular formula is C10H12N4O2S2. The number of rotatable bonds is 5. The number of hydrogen-bond acceptors (Lipinski definition) is 6. The predicted molar refractivity (Wildman–Crippen MR) is 69.9 cm³/mol. The molecule has 8 heteroatoms. The van der Waals surface area contributed by atoms with Gasteiger partial charge >= 0.3 is 0 Å². The number of anilines is 1. The molecule has 0 aliphatic heterocycles. The third-order valence-corrected chi connectivity index (χ3v) is 3.88. The standard InChI is InChI=1S/C10H12N4O2S2/c11-18(15,16)9-3-1-8(2-4-9)5-6-12-10-14-13-7-17-10/h1-4,7H,5-6H2,(H,12,14)(H2,11,15,16). The second-order valence-electron chi connectivity index (χ2n) is 3.61. The van der Waals surface area contributed by atoms with Crippen molar-refractivity contribution in [3.05, 3.63) is 35.3 Å². The summed E-state index contributed by atoms with van der Waals surface area (Å²) in [6, 6.07) is 6.52. The molecule has 2 rings (SSSR count). The zero-order valence-electron chi connectivity index (χ0n) is 9.41. The highest BCUT2D eigenvalue weighted by Crippen LogP contribution is 2.11. The van der Waals surface area contributed by atoms with Crippen LogP contribution in [0.1, 0.15) is 5.56 Å². The first-order valence-electron chi connectivity index (χ1n) is 5.17. The Morgan fingerprint density at radius 1 is 1.28 bits per heavy atom. The molecule has 1 heterocycles. The maximum absolute atomic E-state index is 11.1. The van der Waals surface area contributed by atoms with Gasteiger partial charge in [0.15, 0.2) is 0 Å². The number of sulfonamides is 1. The van der Waals surface area contributed by atoms with Crippen LogP contribution in [0.5, 0.6) is 0 Å². The van der Waals surface area contributed by atoms with Gasteiger partial charge < -0.3 is 5.32 Å². The van der Waals surface area contributed by atoms with E-state index < -0.39 is 10.0 Å². The number of hydrogen-bond donors (Lipinski definition) is 2. The van der Waals surface area contributed by atoms with Crippen LogP contribution in [-0.2, 0) is 16.4 Å². The summed E-state index contributed by atoms with van der Waals surface area (Å²) < 4.78 is 22.1. The molecule has 3 N–H and O–H groups in total. The topological polar surface area (TPSA) is 98.0 Å². The van der Waals surface area contributed by atoms with Gasteiger partial charge in [-0.3, -0.25) is 0 Å². The van der Waals surface area contributed by atoms with Crippen molar-refractivity contribution in [3.8, 4) is 0 Å². The lowest BCUT2D eigenvalue weighted by molar-refractivity contribution is 0.598. The van der Waals surface area contributed by atoms with Gasteiger partial charge in [0.25, 0.3) is 0 Å². The number of nitrogens with two attached hydrogens (primary N) is 1. The van der Waals surface area contributed by atoms with E-state index in [-0.39, 0.29) is 4.90 Å². The highest BCUT2D eigenvalue weighted by molar-refractivity contribution is 7.89. The minimum Gasteiger partial charge on any atom is -0.360 e. The van der Waals surface area contributed by atoms with Crippen LogP contribution in [0, 0.1) is 0 Å². The summed E-state index contributed by atoms with van der Waals surface area (Å²) in [4.78, 5) is 0.128.